The van der Waals surface area contributed by atoms with Gasteiger partial charge >= 0.3 is 0 Å². The number of hydrogen-bond acceptors (Lipinski definition) is 3. The number of pyridine rings is 1. The largest absolute Gasteiger partial charge is 0.357 e. The molecule has 0 bridgehead atoms. The van der Waals surface area contributed by atoms with Crippen LogP contribution < -0.4 is 5.32 Å². The highest BCUT2D eigenvalue weighted by atomic mass is 127. The molecule has 0 aliphatic carbocycles. The van der Waals surface area contributed by atoms with Gasteiger partial charge in [-0.25, -0.2) is 0 Å². The third kappa shape index (κ3) is 6.87. The Morgan fingerprint density at radius 2 is 2.35 bits per heavy atom. The van der Waals surface area contributed by atoms with Crippen LogP contribution in [0.2, 0.25) is 0 Å². The van der Waals surface area contributed by atoms with Crippen LogP contribution in [0.5, 0.6) is 0 Å². The molecule has 1 aromatic heterocycles. The van der Waals surface area contributed by atoms with E-state index in [4.69, 9.17) is 4.99 Å². The number of nitrogens with zero attached hydrogens (tertiary/aromatic N) is 3. The zero-order valence-electron chi connectivity index (χ0n) is 14.4. The van der Waals surface area contributed by atoms with Crippen LogP contribution in [0.1, 0.15) is 26.3 Å². The zero-order valence-corrected chi connectivity index (χ0v) is 17.5. The third-order valence-corrected chi connectivity index (χ3v) is 5.40. The molecule has 1 atom stereocenters. The Balaban J connectivity index is 0.00000264. The van der Waals surface area contributed by atoms with Gasteiger partial charge in [-0.15, -0.1) is 24.0 Å². The van der Waals surface area contributed by atoms with Gasteiger partial charge in [-0.3, -0.25) is 9.98 Å². The Morgan fingerprint density at radius 1 is 1.52 bits per heavy atom. The Hall–Kier alpha value is -0.500. The Kier molecular flexibility index (Phi) is 9.94. The van der Waals surface area contributed by atoms with Crippen molar-refractivity contribution in [2.75, 3.05) is 31.9 Å². The summed E-state index contributed by atoms with van der Waals surface area (Å²) in [5, 5.41) is 4.15. The fraction of sp³-hybridized carbons (Fsp3) is 0.647. The molecule has 1 saturated heterocycles. The van der Waals surface area contributed by atoms with Crippen molar-refractivity contribution >= 4 is 41.7 Å². The second-order valence-electron chi connectivity index (χ2n) is 5.95. The van der Waals surface area contributed by atoms with Gasteiger partial charge in [0.2, 0.25) is 0 Å². The minimum Gasteiger partial charge on any atom is -0.357 e. The molecule has 1 unspecified atom stereocenters. The summed E-state index contributed by atoms with van der Waals surface area (Å²) in [5.41, 5.74) is 1.25. The number of thioether (sulfide) groups is 1. The van der Waals surface area contributed by atoms with E-state index < -0.39 is 0 Å². The fourth-order valence-electron chi connectivity index (χ4n) is 2.53. The molecule has 1 N–H and O–H groups in total. The molecule has 130 valence electrons. The maximum absolute atomic E-state index is 4.82. The van der Waals surface area contributed by atoms with E-state index in [0.29, 0.717) is 11.2 Å². The molecule has 4 nitrogen and oxygen atoms in total. The molecule has 0 spiro atoms. The number of hydrogen-bond donors (Lipinski definition) is 1. The molecule has 0 saturated carbocycles. The number of halogens is 1. The Labute approximate surface area is 161 Å². The average molecular weight is 448 g/mol. The summed E-state index contributed by atoms with van der Waals surface area (Å²) in [5.74, 6) is 2.97. The highest BCUT2D eigenvalue weighted by Gasteiger charge is 2.24. The van der Waals surface area contributed by atoms with Gasteiger partial charge in [-0.1, -0.05) is 19.9 Å². The number of aromatic nitrogens is 1. The standard InChI is InChI=1S/C17H28N4S.HI/c1-4-19-17(20-9-7-15-6-5-8-18-12-15)21-10-11-22-16(13-21)14(2)3;/h5-6,8,12,14,16H,4,7,9-11,13H2,1-3H3,(H,19,20);1H. The summed E-state index contributed by atoms with van der Waals surface area (Å²) in [7, 11) is 0. The van der Waals surface area contributed by atoms with E-state index in [-0.39, 0.29) is 24.0 Å². The van der Waals surface area contributed by atoms with Crippen molar-refractivity contribution in [3.63, 3.8) is 0 Å². The molecule has 23 heavy (non-hydrogen) atoms. The van der Waals surface area contributed by atoms with Gasteiger partial charge in [0.15, 0.2) is 5.96 Å². The van der Waals surface area contributed by atoms with Crippen LogP contribution in [-0.2, 0) is 6.42 Å². The molecule has 1 fully saturated rings. The van der Waals surface area contributed by atoms with E-state index in [1.807, 2.05) is 18.5 Å². The van der Waals surface area contributed by atoms with Crippen LogP contribution in [0.15, 0.2) is 29.5 Å². The third-order valence-electron chi connectivity index (χ3n) is 3.86. The van der Waals surface area contributed by atoms with E-state index in [9.17, 15) is 0 Å². The molecule has 2 rings (SSSR count). The summed E-state index contributed by atoms with van der Waals surface area (Å²) in [6, 6.07) is 4.10. The summed E-state index contributed by atoms with van der Waals surface area (Å²) < 4.78 is 0. The maximum Gasteiger partial charge on any atom is 0.193 e. The first-order valence-electron chi connectivity index (χ1n) is 8.24. The van der Waals surface area contributed by atoms with Gasteiger partial charge in [-0.2, -0.15) is 11.8 Å². The highest BCUT2D eigenvalue weighted by molar-refractivity contribution is 14.0. The molecule has 0 amide bonds. The summed E-state index contributed by atoms with van der Waals surface area (Å²) in [6.07, 6.45) is 4.68. The van der Waals surface area contributed by atoms with E-state index >= 15 is 0 Å². The van der Waals surface area contributed by atoms with Crippen molar-refractivity contribution in [2.45, 2.75) is 32.4 Å². The van der Waals surface area contributed by atoms with Crippen LogP contribution in [0.3, 0.4) is 0 Å². The van der Waals surface area contributed by atoms with E-state index in [1.54, 1.807) is 0 Å². The van der Waals surface area contributed by atoms with Gasteiger partial charge in [0.25, 0.3) is 0 Å². The Bertz CT molecular complexity index is 467. The fourth-order valence-corrected chi connectivity index (χ4v) is 3.83. The van der Waals surface area contributed by atoms with Gasteiger partial charge < -0.3 is 10.2 Å². The smallest absolute Gasteiger partial charge is 0.193 e. The number of rotatable bonds is 5. The minimum atomic E-state index is 0. The lowest BCUT2D eigenvalue weighted by atomic mass is 10.1. The van der Waals surface area contributed by atoms with Crippen LogP contribution in [0.4, 0.5) is 0 Å². The van der Waals surface area contributed by atoms with Crippen molar-refractivity contribution in [2.24, 2.45) is 10.9 Å². The topological polar surface area (TPSA) is 40.5 Å². The first-order valence-corrected chi connectivity index (χ1v) is 9.29. The normalized spacial score (nSPS) is 18.7. The SMILES string of the molecule is CCNC(=NCCc1cccnc1)N1CCSC(C(C)C)C1.I. The molecular formula is C17H29IN4S. The quantitative estimate of drug-likeness (QED) is 0.427. The number of guanidine groups is 1. The predicted octanol–water partition coefficient (Wildman–Crippen LogP) is 3.28. The maximum atomic E-state index is 4.82. The van der Waals surface area contributed by atoms with Gasteiger partial charge in [0, 0.05) is 49.6 Å². The number of aliphatic imine (C=N–C) groups is 1. The van der Waals surface area contributed by atoms with Crippen LogP contribution in [0, 0.1) is 5.92 Å². The molecule has 1 aromatic rings. The molecule has 2 heterocycles. The van der Waals surface area contributed by atoms with E-state index in [0.717, 1.165) is 38.6 Å². The Morgan fingerprint density at radius 3 is 3.00 bits per heavy atom. The lowest BCUT2D eigenvalue weighted by Crippen LogP contribution is -2.49. The first kappa shape index (κ1) is 20.5. The highest BCUT2D eigenvalue weighted by Crippen LogP contribution is 2.24. The number of nitrogens with one attached hydrogen (secondary N) is 1. The molecule has 1 aliphatic heterocycles. The minimum absolute atomic E-state index is 0. The molecule has 0 aromatic carbocycles. The van der Waals surface area contributed by atoms with Crippen LogP contribution >= 0.6 is 35.7 Å². The summed E-state index contributed by atoms with van der Waals surface area (Å²) >= 11 is 2.10. The zero-order chi connectivity index (χ0) is 15.8. The van der Waals surface area contributed by atoms with Gasteiger partial charge in [0.05, 0.1) is 0 Å². The summed E-state index contributed by atoms with van der Waals surface area (Å²) in [4.78, 5) is 11.4. The molecule has 0 radical (unpaired) electrons. The van der Waals surface area contributed by atoms with Crippen LogP contribution in [-0.4, -0.2) is 53.0 Å². The molecule has 1 aliphatic rings. The molecular weight excluding hydrogens is 419 g/mol. The van der Waals surface area contributed by atoms with Crippen molar-refractivity contribution in [3.8, 4) is 0 Å². The van der Waals surface area contributed by atoms with Gasteiger partial charge in [0.1, 0.15) is 0 Å². The van der Waals surface area contributed by atoms with E-state index in [1.165, 1.54) is 11.3 Å². The van der Waals surface area contributed by atoms with E-state index in [2.05, 4.69) is 53.8 Å². The van der Waals surface area contributed by atoms with Crippen molar-refractivity contribution in [1.82, 2.24) is 15.2 Å². The average Bonchev–Trinajstić information content (AvgIpc) is 2.55. The van der Waals surface area contributed by atoms with Crippen LogP contribution in [0.25, 0.3) is 0 Å². The lowest BCUT2D eigenvalue weighted by Gasteiger charge is -2.36. The van der Waals surface area contributed by atoms with Gasteiger partial charge in [-0.05, 0) is 30.9 Å². The second-order valence-corrected chi connectivity index (χ2v) is 7.29. The lowest BCUT2D eigenvalue weighted by molar-refractivity contribution is 0.381. The molecule has 6 heteroatoms. The van der Waals surface area contributed by atoms with Crippen molar-refractivity contribution in [3.05, 3.63) is 30.1 Å². The second kappa shape index (κ2) is 11.1. The summed E-state index contributed by atoms with van der Waals surface area (Å²) in [6.45, 7) is 10.7. The first-order chi connectivity index (χ1) is 10.7. The predicted molar refractivity (Wildman–Crippen MR) is 112 cm³/mol. The van der Waals surface area contributed by atoms with Crippen molar-refractivity contribution < 1.29 is 0 Å². The monoisotopic (exact) mass is 448 g/mol. The van der Waals surface area contributed by atoms with Crippen molar-refractivity contribution in [1.29, 1.82) is 0 Å².